The number of phenols is 1. The highest BCUT2D eigenvalue weighted by Gasteiger charge is 2.05. The lowest BCUT2D eigenvalue weighted by Crippen LogP contribution is -2.24. The average Bonchev–Trinajstić information content (AvgIpc) is 2.59. The number of hydrazone groups is 1. The van der Waals surface area contributed by atoms with Crippen LogP contribution in [0.25, 0.3) is 0 Å². The van der Waals surface area contributed by atoms with Gasteiger partial charge in [-0.3, -0.25) is 0 Å². The molecule has 0 aliphatic rings. The van der Waals surface area contributed by atoms with Crippen molar-refractivity contribution in [2.24, 2.45) is 5.10 Å². The fourth-order valence-electron chi connectivity index (χ4n) is 2.27. The molecule has 0 atom stereocenters. The van der Waals surface area contributed by atoms with Gasteiger partial charge < -0.3 is 15.3 Å². The number of rotatable bonds is 6. The van der Waals surface area contributed by atoms with Crippen LogP contribution in [-0.4, -0.2) is 30.4 Å². The molecule has 0 aliphatic carbocycles. The first kappa shape index (κ1) is 17.3. The number of nitrogens with zero attached hydrogens (tertiary/aromatic N) is 2. The zero-order chi connectivity index (χ0) is 17.4. The second kappa shape index (κ2) is 8.57. The van der Waals surface area contributed by atoms with E-state index in [1.165, 1.54) is 6.21 Å². The van der Waals surface area contributed by atoms with Crippen molar-refractivity contribution in [1.29, 1.82) is 0 Å². The second-order valence-corrected chi connectivity index (χ2v) is 5.11. The van der Waals surface area contributed by atoms with E-state index in [1.807, 2.05) is 24.3 Å². The molecule has 0 unspecified atom stereocenters. The van der Waals surface area contributed by atoms with E-state index in [4.69, 9.17) is 0 Å². The van der Waals surface area contributed by atoms with Gasteiger partial charge in [-0.2, -0.15) is 5.10 Å². The van der Waals surface area contributed by atoms with Crippen LogP contribution >= 0.6 is 0 Å². The number of aromatic hydroxyl groups is 1. The van der Waals surface area contributed by atoms with Crippen molar-refractivity contribution >= 4 is 23.6 Å². The van der Waals surface area contributed by atoms with Gasteiger partial charge in [-0.15, -0.1) is 0 Å². The summed E-state index contributed by atoms with van der Waals surface area (Å²) in [4.78, 5) is 13.8. The van der Waals surface area contributed by atoms with Crippen molar-refractivity contribution in [2.75, 3.05) is 23.3 Å². The Balaban J connectivity index is 1.95. The van der Waals surface area contributed by atoms with E-state index in [-0.39, 0.29) is 5.75 Å². The Morgan fingerprint density at radius 1 is 1.17 bits per heavy atom. The van der Waals surface area contributed by atoms with E-state index in [0.717, 1.165) is 18.8 Å². The lowest BCUT2D eigenvalue weighted by Gasteiger charge is -2.21. The number of benzene rings is 2. The Morgan fingerprint density at radius 2 is 1.88 bits per heavy atom. The molecule has 2 amide bonds. The number of nitrogens with one attached hydrogen (secondary N) is 2. The van der Waals surface area contributed by atoms with E-state index in [9.17, 15) is 9.90 Å². The predicted molar refractivity (Wildman–Crippen MR) is 97.9 cm³/mol. The highest BCUT2D eigenvalue weighted by Crippen LogP contribution is 2.23. The van der Waals surface area contributed by atoms with Crippen LogP contribution in [0.3, 0.4) is 0 Å². The highest BCUT2D eigenvalue weighted by atomic mass is 16.3. The van der Waals surface area contributed by atoms with E-state index < -0.39 is 6.03 Å². The van der Waals surface area contributed by atoms with Gasteiger partial charge in [0.25, 0.3) is 0 Å². The third kappa shape index (κ3) is 4.74. The third-order valence-corrected chi connectivity index (χ3v) is 3.54. The summed E-state index contributed by atoms with van der Waals surface area (Å²) in [6, 6.07) is 14.0. The highest BCUT2D eigenvalue weighted by molar-refractivity contribution is 5.91. The molecule has 24 heavy (non-hydrogen) atoms. The molecule has 0 radical (unpaired) electrons. The topological polar surface area (TPSA) is 77.0 Å². The third-order valence-electron chi connectivity index (χ3n) is 3.54. The summed E-state index contributed by atoms with van der Waals surface area (Å²) < 4.78 is 0. The van der Waals surface area contributed by atoms with E-state index >= 15 is 0 Å². The number of para-hydroxylation sites is 1. The maximum atomic E-state index is 11.7. The zero-order valence-corrected chi connectivity index (χ0v) is 13.9. The van der Waals surface area contributed by atoms with Crippen LogP contribution in [0.15, 0.2) is 53.6 Å². The minimum atomic E-state index is -0.447. The fraction of sp³-hybridized carbons (Fsp3) is 0.222. The molecule has 6 nitrogen and oxygen atoms in total. The molecule has 0 aliphatic heterocycles. The van der Waals surface area contributed by atoms with Crippen molar-refractivity contribution in [2.45, 2.75) is 13.8 Å². The second-order valence-electron chi connectivity index (χ2n) is 5.11. The smallest absolute Gasteiger partial charge is 0.339 e. The number of phenolic OH excluding ortho intramolecular Hbond substituents is 1. The van der Waals surface area contributed by atoms with Gasteiger partial charge in [0.15, 0.2) is 0 Å². The molecule has 0 aromatic heterocycles. The molecule has 126 valence electrons. The molecule has 0 fully saturated rings. The number of hydrogen-bond donors (Lipinski definition) is 3. The molecule has 0 saturated carbocycles. The predicted octanol–water partition coefficient (Wildman–Crippen LogP) is 3.39. The number of amides is 2. The monoisotopic (exact) mass is 326 g/mol. The van der Waals surface area contributed by atoms with Gasteiger partial charge >= 0.3 is 6.03 Å². The minimum Gasteiger partial charge on any atom is -0.507 e. The first-order chi connectivity index (χ1) is 11.6. The van der Waals surface area contributed by atoms with Crippen molar-refractivity contribution < 1.29 is 9.90 Å². The van der Waals surface area contributed by atoms with Crippen LogP contribution in [-0.2, 0) is 0 Å². The van der Waals surface area contributed by atoms with Crippen molar-refractivity contribution in [1.82, 2.24) is 5.43 Å². The lowest BCUT2D eigenvalue weighted by molar-refractivity contribution is 0.252. The SMILES string of the molecule is CCN(CC)c1ccc(C=NNC(=O)Nc2ccccc2)c(O)c1. The molecule has 2 aromatic carbocycles. The number of carbonyl (C=O) groups excluding carboxylic acids is 1. The Kier molecular flexibility index (Phi) is 6.19. The Morgan fingerprint density at radius 3 is 2.50 bits per heavy atom. The number of hydrogen-bond acceptors (Lipinski definition) is 4. The molecule has 0 spiro atoms. The number of urea groups is 1. The van der Waals surface area contributed by atoms with Crippen LogP contribution in [0.2, 0.25) is 0 Å². The van der Waals surface area contributed by atoms with Gasteiger partial charge in [0.2, 0.25) is 0 Å². The summed E-state index contributed by atoms with van der Waals surface area (Å²) in [5.74, 6) is 0.119. The Bertz CT molecular complexity index is 697. The summed E-state index contributed by atoms with van der Waals surface area (Å²) in [6.45, 7) is 5.85. The molecular formula is C18H22N4O2. The van der Waals surface area contributed by atoms with Gasteiger partial charge in [-0.1, -0.05) is 18.2 Å². The van der Waals surface area contributed by atoms with Gasteiger partial charge in [0, 0.05) is 36.1 Å². The quantitative estimate of drug-likeness (QED) is 0.562. The van der Waals surface area contributed by atoms with Crippen molar-refractivity contribution in [3.63, 3.8) is 0 Å². The zero-order valence-electron chi connectivity index (χ0n) is 13.9. The molecule has 0 heterocycles. The molecule has 0 saturated heterocycles. The first-order valence-electron chi connectivity index (χ1n) is 7.87. The first-order valence-corrected chi connectivity index (χ1v) is 7.87. The summed E-state index contributed by atoms with van der Waals surface area (Å²) in [5.41, 5.74) is 4.52. The van der Waals surface area contributed by atoms with Gasteiger partial charge in [-0.25, -0.2) is 10.2 Å². The van der Waals surface area contributed by atoms with Crippen LogP contribution in [0.4, 0.5) is 16.2 Å². The van der Waals surface area contributed by atoms with E-state index in [0.29, 0.717) is 11.3 Å². The Labute approximate surface area is 141 Å². The maximum Gasteiger partial charge on any atom is 0.339 e. The average molecular weight is 326 g/mol. The normalized spacial score (nSPS) is 10.6. The van der Waals surface area contributed by atoms with Crippen molar-refractivity contribution in [3.8, 4) is 5.75 Å². The van der Waals surface area contributed by atoms with Crippen LogP contribution in [0, 0.1) is 0 Å². The molecular weight excluding hydrogens is 304 g/mol. The molecule has 2 rings (SSSR count). The fourth-order valence-corrected chi connectivity index (χ4v) is 2.27. The van der Waals surface area contributed by atoms with Gasteiger partial charge in [0.05, 0.1) is 6.21 Å². The molecule has 2 aromatic rings. The number of carbonyl (C=O) groups is 1. The maximum absolute atomic E-state index is 11.7. The van der Waals surface area contributed by atoms with E-state index in [1.54, 1.807) is 24.3 Å². The molecule has 0 bridgehead atoms. The summed E-state index contributed by atoms with van der Waals surface area (Å²) in [6.07, 6.45) is 1.41. The molecule has 3 N–H and O–H groups in total. The van der Waals surface area contributed by atoms with E-state index in [2.05, 4.69) is 34.6 Å². The largest absolute Gasteiger partial charge is 0.507 e. The van der Waals surface area contributed by atoms with Crippen LogP contribution in [0.5, 0.6) is 5.75 Å². The number of anilines is 2. The van der Waals surface area contributed by atoms with Crippen molar-refractivity contribution in [3.05, 3.63) is 54.1 Å². The van der Waals surface area contributed by atoms with Crippen LogP contribution in [0.1, 0.15) is 19.4 Å². The summed E-state index contributed by atoms with van der Waals surface area (Å²) in [5, 5.41) is 16.6. The van der Waals surface area contributed by atoms with Gasteiger partial charge in [-0.05, 0) is 38.1 Å². The summed E-state index contributed by atoms with van der Waals surface area (Å²) >= 11 is 0. The minimum absolute atomic E-state index is 0.119. The lowest BCUT2D eigenvalue weighted by atomic mass is 10.2. The molecule has 6 heteroatoms. The summed E-state index contributed by atoms with van der Waals surface area (Å²) in [7, 11) is 0. The van der Waals surface area contributed by atoms with Crippen LogP contribution < -0.4 is 15.6 Å². The Hall–Kier alpha value is -3.02. The standard InChI is InChI=1S/C18H22N4O2/c1-3-22(4-2)16-11-10-14(17(23)12-16)13-19-21-18(24)20-15-8-6-5-7-9-15/h5-13,23H,3-4H2,1-2H3,(H2,20,21,24). The van der Waals surface area contributed by atoms with Gasteiger partial charge in [0.1, 0.15) is 5.75 Å².